The van der Waals surface area contributed by atoms with Crippen molar-refractivity contribution in [1.82, 2.24) is 0 Å². The maximum Gasteiger partial charge on any atom is 0.306 e. The highest BCUT2D eigenvalue weighted by Crippen LogP contribution is 2.16. The summed E-state index contributed by atoms with van der Waals surface area (Å²) in [6, 6.07) is 0. The Balaban J connectivity index is 4.36. The van der Waals surface area contributed by atoms with Gasteiger partial charge in [-0.25, -0.2) is 0 Å². The van der Waals surface area contributed by atoms with Gasteiger partial charge in [0.25, 0.3) is 0 Å². The number of unbranched alkanes of at least 4 members (excludes halogenated alkanes) is 27. The van der Waals surface area contributed by atoms with Crippen molar-refractivity contribution in [3.63, 3.8) is 0 Å². The van der Waals surface area contributed by atoms with Gasteiger partial charge in [-0.05, 0) is 128 Å². The number of allylic oxidation sites excluding steroid dienone is 20. The van der Waals surface area contributed by atoms with E-state index in [2.05, 4.69) is 142 Å². The molecule has 0 N–H and O–H groups in total. The van der Waals surface area contributed by atoms with Crippen LogP contribution in [0, 0.1) is 0 Å². The first-order valence-corrected chi connectivity index (χ1v) is 32.5. The Kier molecular flexibility index (Phi) is 61.8. The second kappa shape index (κ2) is 65.3. The van der Waals surface area contributed by atoms with Gasteiger partial charge in [0.2, 0.25) is 0 Å². The minimum absolute atomic E-state index is 0.0897. The summed E-state index contributed by atoms with van der Waals surface area (Å²) in [6.45, 7) is 6.39. The average molecular weight is 1080 g/mol. The van der Waals surface area contributed by atoms with Crippen molar-refractivity contribution in [3.8, 4) is 0 Å². The van der Waals surface area contributed by atoms with Crippen molar-refractivity contribution >= 4 is 17.9 Å². The first-order valence-electron chi connectivity index (χ1n) is 32.5. The van der Waals surface area contributed by atoms with Gasteiger partial charge in [0.05, 0.1) is 0 Å². The third-order valence-corrected chi connectivity index (χ3v) is 13.7. The third-order valence-electron chi connectivity index (χ3n) is 13.7. The monoisotopic (exact) mass is 1080 g/mol. The molecule has 0 aliphatic carbocycles. The van der Waals surface area contributed by atoms with Crippen LogP contribution in [0.15, 0.2) is 122 Å². The highest BCUT2D eigenvalue weighted by atomic mass is 16.6. The van der Waals surface area contributed by atoms with Crippen molar-refractivity contribution in [2.75, 3.05) is 13.2 Å². The molecule has 78 heavy (non-hydrogen) atoms. The minimum atomic E-state index is -0.795. The second-order valence-electron chi connectivity index (χ2n) is 21.3. The van der Waals surface area contributed by atoms with Crippen LogP contribution in [0.2, 0.25) is 0 Å². The number of rotatable bonds is 58. The van der Waals surface area contributed by atoms with Crippen molar-refractivity contribution in [1.29, 1.82) is 0 Å². The molecule has 0 heterocycles. The molecule has 0 aromatic carbocycles. The molecule has 1 unspecified atom stereocenters. The van der Waals surface area contributed by atoms with E-state index in [9.17, 15) is 14.4 Å². The molecule has 1 atom stereocenters. The van der Waals surface area contributed by atoms with Crippen LogP contribution in [0.25, 0.3) is 0 Å². The second-order valence-corrected chi connectivity index (χ2v) is 21.3. The lowest BCUT2D eigenvalue weighted by atomic mass is 10.0. The van der Waals surface area contributed by atoms with E-state index < -0.39 is 6.10 Å². The summed E-state index contributed by atoms with van der Waals surface area (Å²) in [7, 11) is 0. The van der Waals surface area contributed by atoms with E-state index >= 15 is 0 Å². The Morgan fingerprint density at radius 2 is 0.500 bits per heavy atom. The fourth-order valence-corrected chi connectivity index (χ4v) is 8.87. The lowest BCUT2D eigenvalue weighted by Crippen LogP contribution is -2.30. The first-order chi connectivity index (χ1) is 38.5. The lowest BCUT2D eigenvalue weighted by Gasteiger charge is -2.18. The van der Waals surface area contributed by atoms with Gasteiger partial charge in [0.15, 0.2) is 6.10 Å². The van der Waals surface area contributed by atoms with E-state index in [1.165, 1.54) is 116 Å². The van der Waals surface area contributed by atoms with Crippen LogP contribution >= 0.6 is 0 Å². The van der Waals surface area contributed by atoms with Gasteiger partial charge in [0.1, 0.15) is 13.2 Å². The van der Waals surface area contributed by atoms with E-state index in [0.29, 0.717) is 19.3 Å². The molecule has 0 rings (SSSR count). The van der Waals surface area contributed by atoms with Gasteiger partial charge in [-0.3, -0.25) is 14.4 Å². The lowest BCUT2D eigenvalue weighted by molar-refractivity contribution is -0.167. The van der Waals surface area contributed by atoms with Crippen molar-refractivity contribution in [2.45, 2.75) is 303 Å². The summed E-state index contributed by atoms with van der Waals surface area (Å²) in [5.74, 6) is -0.910. The molecule has 0 aliphatic heterocycles. The van der Waals surface area contributed by atoms with E-state index in [0.717, 1.165) is 141 Å². The molecular formula is C72H120O6. The van der Waals surface area contributed by atoms with Gasteiger partial charge < -0.3 is 14.2 Å². The fourth-order valence-electron chi connectivity index (χ4n) is 8.87. The predicted molar refractivity (Wildman–Crippen MR) is 339 cm³/mol. The Bertz CT molecular complexity index is 1620. The van der Waals surface area contributed by atoms with Crippen LogP contribution < -0.4 is 0 Å². The normalized spacial score (nSPS) is 12.9. The molecule has 0 bridgehead atoms. The van der Waals surface area contributed by atoms with Gasteiger partial charge in [-0.2, -0.15) is 0 Å². The maximum atomic E-state index is 12.9. The molecule has 6 nitrogen and oxygen atoms in total. The Hall–Kier alpha value is -4.19. The van der Waals surface area contributed by atoms with Crippen molar-refractivity contribution in [3.05, 3.63) is 122 Å². The predicted octanol–water partition coefficient (Wildman–Crippen LogP) is 22.4. The summed E-state index contributed by atoms with van der Waals surface area (Å²) in [5, 5.41) is 0. The van der Waals surface area contributed by atoms with Crippen LogP contribution in [0.1, 0.15) is 297 Å². The largest absolute Gasteiger partial charge is 0.462 e. The molecular weight excluding hydrogens is 961 g/mol. The van der Waals surface area contributed by atoms with Crippen LogP contribution in [-0.2, 0) is 28.6 Å². The highest BCUT2D eigenvalue weighted by Gasteiger charge is 2.19. The molecule has 0 aromatic rings. The zero-order valence-electron chi connectivity index (χ0n) is 50.9. The molecule has 0 radical (unpaired) electrons. The van der Waals surface area contributed by atoms with Crippen LogP contribution in [0.5, 0.6) is 0 Å². The van der Waals surface area contributed by atoms with Gasteiger partial charge in [-0.1, -0.05) is 271 Å². The van der Waals surface area contributed by atoms with E-state index in [1.54, 1.807) is 0 Å². The average Bonchev–Trinajstić information content (AvgIpc) is 3.44. The van der Waals surface area contributed by atoms with Gasteiger partial charge in [-0.15, -0.1) is 0 Å². The Labute approximate surface area is 482 Å². The van der Waals surface area contributed by atoms with Gasteiger partial charge in [0, 0.05) is 19.3 Å². The van der Waals surface area contributed by atoms with Crippen LogP contribution in [0.4, 0.5) is 0 Å². The summed E-state index contributed by atoms with van der Waals surface area (Å²) in [4.78, 5) is 38.4. The van der Waals surface area contributed by atoms with E-state index in [4.69, 9.17) is 14.2 Å². The number of hydrogen-bond acceptors (Lipinski definition) is 6. The third kappa shape index (κ3) is 62.7. The topological polar surface area (TPSA) is 78.9 Å². The fraction of sp³-hybridized carbons (Fsp3) is 0.681. The standard InChI is InChI=1S/C72H120O6/c1-4-7-10-13-16-19-22-25-28-31-32-33-34-35-36-37-38-39-40-42-44-47-50-53-56-59-62-65-71(74)77-68-69(67-76-70(73)64-61-58-55-52-49-46-43-30-27-24-21-18-15-12-9-6-3)78-72(75)66-63-60-57-54-51-48-45-41-29-26-23-20-17-14-11-8-5-2/h7-8,10-11,16-17,19-21,24-26,28-30,32-33,35-36,43,69H,4-6,9,12-15,18,22-23,27,31,34,37-42,44-68H2,1-3H3/b10-7-,11-8-,19-16-,20-17-,24-21-,28-25-,29-26-,33-32-,36-35-,43-30-. The number of carbonyl (C=O) groups is 3. The molecule has 0 fully saturated rings. The van der Waals surface area contributed by atoms with Gasteiger partial charge >= 0.3 is 17.9 Å². The van der Waals surface area contributed by atoms with Crippen molar-refractivity contribution < 1.29 is 28.6 Å². The maximum absolute atomic E-state index is 12.9. The quantitative estimate of drug-likeness (QED) is 0.0261. The Morgan fingerprint density at radius 1 is 0.269 bits per heavy atom. The Morgan fingerprint density at radius 3 is 0.782 bits per heavy atom. The highest BCUT2D eigenvalue weighted by molar-refractivity contribution is 5.71. The van der Waals surface area contributed by atoms with Crippen LogP contribution in [0.3, 0.4) is 0 Å². The summed E-state index contributed by atoms with van der Waals surface area (Å²) in [5.41, 5.74) is 0. The van der Waals surface area contributed by atoms with E-state index in [-0.39, 0.29) is 31.1 Å². The zero-order chi connectivity index (χ0) is 56.4. The minimum Gasteiger partial charge on any atom is -0.462 e. The molecule has 0 spiro atoms. The first kappa shape index (κ1) is 73.8. The summed E-state index contributed by atoms with van der Waals surface area (Å²) in [6.07, 6.45) is 90.6. The number of esters is 3. The van der Waals surface area contributed by atoms with Crippen LogP contribution in [-0.4, -0.2) is 37.2 Å². The van der Waals surface area contributed by atoms with E-state index in [1.807, 2.05) is 0 Å². The molecule has 0 aromatic heterocycles. The molecule has 0 amide bonds. The SMILES string of the molecule is CC/C=C\C/C=C\C/C=C\C/C=C\C/C=C\CCCCCCCCCCCCCC(=O)OCC(COC(=O)CCCCCCC/C=C\C/C=C\CCCCCC)OC(=O)CCCCCCCCC/C=C\C/C=C\C/C=C\CC. The molecule has 0 saturated carbocycles. The van der Waals surface area contributed by atoms with Crippen molar-refractivity contribution in [2.24, 2.45) is 0 Å². The summed E-state index contributed by atoms with van der Waals surface area (Å²) < 4.78 is 16.9. The number of ether oxygens (including phenoxy) is 3. The molecule has 0 saturated heterocycles. The smallest absolute Gasteiger partial charge is 0.306 e. The molecule has 6 heteroatoms. The molecule has 444 valence electrons. The number of carbonyl (C=O) groups excluding carboxylic acids is 3. The number of hydrogen-bond donors (Lipinski definition) is 0. The zero-order valence-corrected chi connectivity index (χ0v) is 50.9. The summed E-state index contributed by atoms with van der Waals surface area (Å²) >= 11 is 0. The molecule has 0 aliphatic rings.